The summed E-state index contributed by atoms with van der Waals surface area (Å²) in [4.78, 5) is 18.9. The van der Waals surface area contributed by atoms with Gasteiger partial charge in [-0.1, -0.05) is 43.4 Å². The van der Waals surface area contributed by atoms with Crippen molar-refractivity contribution in [3.05, 3.63) is 71.0 Å². The topological polar surface area (TPSA) is 34.4 Å². The van der Waals surface area contributed by atoms with Crippen molar-refractivity contribution in [2.75, 3.05) is 6.26 Å². The fraction of sp³-hybridized carbons (Fsp3) is 0.238. The highest BCUT2D eigenvalue weighted by Gasteiger charge is 2.10. The third-order valence-electron chi connectivity index (χ3n) is 4.20. The van der Waals surface area contributed by atoms with Crippen molar-refractivity contribution < 1.29 is 4.79 Å². The van der Waals surface area contributed by atoms with E-state index in [4.69, 9.17) is 0 Å². The quantitative estimate of drug-likeness (QED) is 0.433. The molecular weight excluding hydrogens is 360 g/mol. The number of benzene rings is 2. The molecule has 3 rings (SSSR count). The fourth-order valence-electron chi connectivity index (χ4n) is 2.75. The van der Waals surface area contributed by atoms with Gasteiger partial charge in [-0.15, -0.1) is 18.3 Å². The van der Waals surface area contributed by atoms with Gasteiger partial charge in [0.25, 0.3) is 5.91 Å². The van der Waals surface area contributed by atoms with Crippen LogP contribution in [0.5, 0.6) is 0 Å². The monoisotopic (exact) mass is 382 g/mol. The van der Waals surface area contributed by atoms with E-state index in [0.717, 1.165) is 15.1 Å². The minimum Gasteiger partial charge on any atom is -0.312 e. The molecule has 0 aliphatic heterocycles. The van der Waals surface area contributed by atoms with Gasteiger partial charge in [0.2, 0.25) is 0 Å². The molecule has 0 aliphatic carbocycles. The summed E-state index contributed by atoms with van der Waals surface area (Å²) >= 11 is 3.17. The van der Waals surface area contributed by atoms with Gasteiger partial charge in [-0.05, 0) is 48.1 Å². The summed E-state index contributed by atoms with van der Waals surface area (Å²) in [6, 6.07) is 14.0. The Morgan fingerprint density at radius 2 is 2.12 bits per heavy atom. The number of thioether (sulfide) groups is 1. The summed E-state index contributed by atoms with van der Waals surface area (Å²) in [6.45, 7) is 8.83. The smallest absolute Gasteiger partial charge is 0.279 e. The normalized spacial score (nSPS) is 12.1. The Morgan fingerprint density at radius 3 is 2.81 bits per heavy atom. The first kappa shape index (κ1) is 18.7. The first-order chi connectivity index (χ1) is 12.5. The number of thiazole rings is 1. The van der Waals surface area contributed by atoms with Crippen LogP contribution in [0, 0.1) is 0 Å². The molecule has 1 amide bonds. The fourth-order valence-corrected chi connectivity index (χ4v) is 4.29. The molecule has 0 spiro atoms. The lowest BCUT2D eigenvalue weighted by molar-refractivity contribution is 0.0997. The number of carbonyl (C=O) groups is 1. The van der Waals surface area contributed by atoms with Crippen LogP contribution in [0.4, 0.5) is 0 Å². The van der Waals surface area contributed by atoms with Crippen molar-refractivity contribution in [3.63, 3.8) is 0 Å². The highest BCUT2D eigenvalue weighted by molar-refractivity contribution is 7.98. The average molecular weight is 383 g/mol. The van der Waals surface area contributed by atoms with E-state index in [1.807, 2.05) is 41.2 Å². The standard InChI is InChI=1S/C21H22N2OS2/c1-5-11-23-18-10-9-15(14(2)3)13-19(18)26-21(23)22-20(24)16-7-6-8-17(12-16)25-4/h5-10,12-14H,1,11H2,2-4H3. The van der Waals surface area contributed by atoms with Gasteiger partial charge in [0.05, 0.1) is 10.2 Å². The summed E-state index contributed by atoms with van der Waals surface area (Å²) in [6.07, 6.45) is 3.83. The van der Waals surface area contributed by atoms with Crippen molar-refractivity contribution >= 4 is 39.2 Å². The van der Waals surface area contributed by atoms with E-state index in [9.17, 15) is 4.79 Å². The SMILES string of the molecule is C=CCn1c(=NC(=O)c2cccc(SC)c2)sc2cc(C(C)C)ccc21. The lowest BCUT2D eigenvalue weighted by atomic mass is 10.0. The maximum absolute atomic E-state index is 12.7. The third kappa shape index (κ3) is 3.84. The van der Waals surface area contributed by atoms with E-state index >= 15 is 0 Å². The van der Waals surface area contributed by atoms with Crippen LogP contribution in [-0.2, 0) is 6.54 Å². The molecule has 0 radical (unpaired) electrons. The number of allylic oxidation sites excluding steroid dienone is 1. The van der Waals surface area contributed by atoms with Crippen molar-refractivity contribution in [2.45, 2.75) is 31.2 Å². The molecule has 0 saturated carbocycles. The zero-order valence-corrected chi connectivity index (χ0v) is 16.9. The van der Waals surface area contributed by atoms with E-state index < -0.39 is 0 Å². The van der Waals surface area contributed by atoms with Crippen LogP contribution in [0.2, 0.25) is 0 Å². The molecule has 2 aromatic carbocycles. The number of nitrogens with zero attached hydrogens (tertiary/aromatic N) is 2. The predicted molar refractivity (Wildman–Crippen MR) is 112 cm³/mol. The van der Waals surface area contributed by atoms with Crippen LogP contribution in [0.1, 0.15) is 35.7 Å². The average Bonchev–Trinajstić information content (AvgIpc) is 2.98. The van der Waals surface area contributed by atoms with E-state index in [0.29, 0.717) is 22.8 Å². The molecule has 5 heteroatoms. The molecule has 0 unspecified atom stereocenters. The Labute approximate surface area is 162 Å². The Hall–Kier alpha value is -2.11. The van der Waals surface area contributed by atoms with E-state index in [1.54, 1.807) is 23.1 Å². The second kappa shape index (κ2) is 8.06. The van der Waals surface area contributed by atoms with E-state index in [-0.39, 0.29) is 5.91 Å². The maximum atomic E-state index is 12.7. The molecule has 0 atom stereocenters. The molecule has 0 aliphatic rings. The van der Waals surface area contributed by atoms with Crippen molar-refractivity contribution in [2.24, 2.45) is 4.99 Å². The van der Waals surface area contributed by atoms with Crippen molar-refractivity contribution in [3.8, 4) is 0 Å². The Kier molecular flexibility index (Phi) is 5.79. The van der Waals surface area contributed by atoms with Crippen LogP contribution >= 0.6 is 23.1 Å². The van der Waals surface area contributed by atoms with Gasteiger partial charge >= 0.3 is 0 Å². The molecule has 3 aromatic rings. The Balaban J connectivity index is 2.12. The lowest BCUT2D eigenvalue weighted by Gasteiger charge is -2.06. The predicted octanol–water partition coefficient (Wildman–Crippen LogP) is 5.48. The zero-order valence-electron chi connectivity index (χ0n) is 15.2. The highest BCUT2D eigenvalue weighted by atomic mass is 32.2. The summed E-state index contributed by atoms with van der Waals surface area (Å²) in [5.74, 6) is 0.250. The number of fused-ring (bicyclic) bond motifs is 1. The molecule has 0 N–H and O–H groups in total. The Morgan fingerprint density at radius 1 is 1.31 bits per heavy atom. The second-order valence-corrected chi connectivity index (χ2v) is 8.20. The zero-order chi connectivity index (χ0) is 18.7. The van der Waals surface area contributed by atoms with Gasteiger partial charge in [-0.2, -0.15) is 4.99 Å². The number of amides is 1. The lowest BCUT2D eigenvalue weighted by Crippen LogP contribution is -2.16. The molecule has 26 heavy (non-hydrogen) atoms. The summed E-state index contributed by atoms with van der Waals surface area (Å²) in [7, 11) is 0. The first-order valence-corrected chi connectivity index (χ1v) is 10.5. The maximum Gasteiger partial charge on any atom is 0.279 e. The Bertz CT molecular complexity index is 1030. The largest absolute Gasteiger partial charge is 0.312 e. The number of rotatable bonds is 5. The first-order valence-electron chi connectivity index (χ1n) is 8.50. The number of hydrogen-bond donors (Lipinski definition) is 0. The molecule has 3 nitrogen and oxygen atoms in total. The molecule has 1 heterocycles. The minimum absolute atomic E-state index is 0.214. The van der Waals surface area contributed by atoms with Crippen LogP contribution in [0.25, 0.3) is 10.2 Å². The molecule has 0 fully saturated rings. The summed E-state index contributed by atoms with van der Waals surface area (Å²) < 4.78 is 3.19. The van der Waals surface area contributed by atoms with Gasteiger partial charge in [0, 0.05) is 17.0 Å². The minimum atomic E-state index is -0.214. The van der Waals surface area contributed by atoms with E-state index in [2.05, 4.69) is 43.6 Å². The number of hydrogen-bond acceptors (Lipinski definition) is 3. The highest BCUT2D eigenvalue weighted by Crippen LogP contribution is 2.24. The van der Waals surface area contributed by atoms with Crippen LogP contribution in [0.3, 0.4) is 0 Å². The van der Waals surface area contributed by atoms with Crippen LogP contribution in [-0.4, -0.2) is 16.7 Å². The number of aromatic nitrogens is 1. The van der Waals surface area contributed by atoms with E-state index in [1.165, 1.54) is 5.56 Å². The van der Waals surface area contributed by atoms with Crippen molar-refractivity contribution in [1.29, 1.82) is 0 Å². The second-order valence-electron chi connectivity index (χ2n) is 6.31. The van der Waals surface area contributed by atoms with Crippen LogP contribution in [0.15, 0.2) is 65.0 Å². The molecule has 134 valence electrons. The van der Waals surface area contributed by atoms with Gasteiger partial charge in [-0.25, -0.2) is 0 Å². The van der Waals surface area contributed by atoms with Gasteiger partial charge < -0.3 is 4.57 Å². The molecule has 0 bridgehead atoms. The summed E-state index contributed by atoms with van der Waals surface area (Å²) in [5.41, 5.74) is 2.99. The molecular formula is C21H22N2OS2. The molecule has 1 aromatic heterocycles. The third-order valence-corrected chi connectivity index (χ3v) is 5.97. The van der Waals surface area contributed by atoms with Gasteiger partial charge in [0.15, 0.2) is 4.80 Å². The number of carbonyl (C=O) groups excluding carboxylic acids is 1. The molecule has 0 saturated heterocycles. The van der Waals surface area contributed by atoms with Crippen molar-refractivity contribution in [1.82, 2.24) is 4.57 Å². The van der Waals surface area contributed by atoms with Crippen LogP contribution < -0.4 is 4.80 Å². The summed E-state index contributed by atoms with van der Waals surface area (Å²) in [5, 5.41) is 0. The van der Waals surface area contributed by atoms with Gasteiger partial charge in [-0.3, -0.25) is 4.79 Å². The van der Waals surface area contributed by atoms with Gasteiger partial charge in [0.1, 0.15) is 0 Å².